The van der Waals surface area contributed by atoms with Gasteiger partial charge in [0.1, 0.15) is 0 Å². The van der Waals surface area contributed by atoms with Crippen LogP contribution in [0.4, 0.5) is 0 Å². The molecule has 0 radical (unpaired) electrons. The summed E-state index contributed by atoms with van der Waals surface area (Å²) in [7, 11) is 0. The van der Waals surface area contributed by atoms with Crippen LogP contribution in [-0.4, -0.2) is 24.5 Å². The lowest BCUT2D eigenvalue weighted by molar-refractivity contribution is -0.00919. The molecule has 2 fully saturated rings. The van der Waals surface area contributed by atoms with Gasteiger partial charge in [-0.05, 0) is 55.5 Å². The van der Waals surface area contributed by atoms with E-state index in [1.807, 2.05) is 0 Å². The average molecular weight is 314 g/mol. The highest BCUT2D eigenvalue weighted by atomic mass is 15.1. The number of rotatable bonds is 7. The van der Waals surface area contributed by atoms with Gasteiger partial charge >= 0.3 is 0 Å². The van der Waals surface area contributed by atoms with E-state index < -0.39 is 0 Å². The van der Waals surface area contributed by atoms with E-state index in [1.54, 1.807) is 0 Å². The molecule has 1 aliphatic heterocycles. The molecule has 1 aliphatic carbocycles. The van der Waals surface area contributed by atoms with Gasteiger partial charge in [0.2, 0.25) is 0 Å². The topological polar surface area (TPSA) is 3.24 Å². The summed E-state index contributed by atoms with van der Waals surface area (Å²) in [5.41, 5.74) is 2.22. The molecule has 1 heterocycles. The van der Waals surface area contributed by atoms with Crippen molar-refractivity contribution in [1.29, 1.82) is 0 Å². The van der Waals surface area contributed by atoms with Gasteiger partial charge < -0.3 is 4.90 Å². The Kier molecular flexibility index (Phi) is 6.16. The Balaban J connectivity index is 1.53. The third kappa shape index (κ3) is 4.38. The van der Waals surface area contributed by atoms with E-state index in [9.17, 15) is 0 Å². The number of nitrogens with zero attached hydrogens (tertiary/aromatic N) is 1. The van der Waals surface area contributed by atoms with E-state index in [4.69, 9.17) is 0 Å². The number of hydrogen-bond acceptors (Lipinski definition) is 1. The molecule has 1 aromatic carbocycles. The maximum Gasteiger partial charge on any atom is 0.00219 e. The Morgan fingerprint density at radius 2 is 1.96 bits per heavy atom. The zero-order valence-corrected chi connectivity index (χ0v) is 15.1. The summed E-state index contributed by atoms with van der Waals surface area (Å²) in [6.45, 7) is 6.31. The Morgan fingerprint density at radius 1 is 1.09 bits per heavy atom. The van der Waals surface area contributed by atoms with Crippen LogP contribution in [0.5, 0.6) is 0 Å². The first-order valence-electron chi connectivity index (χ1n) is 10.1. The van der Waals surface area contributed by atoms with Crippen LogP contribution in [0, 0.1) is 11.3 Å². The van der Waals surface area contributed by atoms with Crippen molar-refractivity contribution in [2.75, 3.05) is 19.6 Å². The molecule has 128 valence electrons. The molecule has 0 aromatic heterocycles. The summed E-state index contributed by atoms with van der Waals surface area (Å²) in [6, 6.07) is 11.0. The van der Waals surface area contributed by atoms with Crippen molar-refractivity contribution < 1.29 is 0 Å². The van der Waals surface area contributed by atoms with E-state index in [-0.39, 0.29) is 0 Å². The van der Waals surface area contributed by atoms with E-state index in [2.05, 4.69) is 42.2 Å². The predicted octanol–water partition coefficient (Wildman–Crippen LogP) is 5.69. The second-order valence-electron chi connectivity index (χ2n) is 8.05. The number of fused-ring (bicyclic) bond motifs is 1. The molecule has 1 saturated heterocycles. The zero-order chi connectivity index (χ0) is 16.0. The summed E-state index contributed by atoms with van der Waals surface area (Å²) < 4.78 is 0. The molecule has 0 N–H and O–H groups in total. The fraction of sp³-hybridized carbons (Fsp3) is 0.727. The first kappa shape index (κ1) is 17.0. The van der Waals surface area contributed by atoms with E-state index in [0.717, 1.165) is 11.3 Å². The maximum absolute atomic E-state index is 2.76. The largest absolute Gasteiger partial charge is 0.303 e. The molecular weight excluding hydrogens is 278 g/mol. The number of likely N-dealkylation sites (tertiary alicyclic amines) is 1. The summed E-state index contributed by atoms with van der Waals surface area (Å²) in [4.78, 5) is 2.76. The minimum Gasteiger partial charge on any atom is -0.303 e. The van der Waals surface area contributed by atoms with Crippen LogP contribution in [-0.2, 0) is 6.42 Å². The molecule has 1 aromatic rings. The molecule has 23 heavy (non-hydrogen) atoms. The van der Waals surface area contributed by atoms with Gasteiger partial charge in [-0.3, -0.25) is 0 Å². The lowest BCUT2D eigenvalue weighted by Gasteiger charge is -2.51. The molecule has 2 aliphatic rings. The standard InChI is InChI=1S/C22H35N/c1-2-3-8-14-22-15-9-7-12-21(22)19-23(18-16-22)17-13-20-10-5-4-6-11-20/h4-6,10-11,21H,2-3,7-9,12-19H2,1H3/t21-,22-/m1/s1. The van der Waals surface area contributed by atoms with Crippen LogP contribution in [0.1, 0.15) is 70.3 Å². The highest BCUT2D eigenvalue weighted by molar-refractivity contribution is 5.15. The van der Waals surface area contributed by atoms with Gasteiger partial charge in [0.15, 0.2) is 0 Å². The minimum absolute atomic E-state index is 0.719. The van der Waals surface area contributed by atoms with Gasteiger partial charge in [0, 0.05) is 13.1 Å². The van der Waals surface area contributed by atoms with Crippen molar-refractivity contribution >= 4 is 0 Å². The van der Waals surface area contributed by atoms with Gasteiger partial charge in [-0.25, -0.2) is 0 Å². The first-order chi connectivity index (χ1) is 11.3. The lowest BCUT2D eigenvalue weighted by atomic mass is 9.60. The van der Waals surface area contributed by atoms with Crippen molar-refractivity contribution in [3.05, 3.63) is 35.9 Å². The molecule has 1 saturated carbocycles. The zero-order valence-electron chi connectivity index (χ0n) is 15.1. The molecule has 0 bridgehead atoms. The Labute approximate surface area is 143 Å². The van der Waals surface area contributed by atoms with Crippen molar-refractivity contribution in [1.82, 2.24) is 4.90 Å². The van der Waals surface area contributed by atoms with Crippen LogP contribution in [0.2, 0.25) is 0 Å². The normalized spacial score (nSPS) is 28.5. The number of benzene rings is 1. The molecule has 0 spiro atoms. The summed E-state index contributed by atoms with van der Waals surface area (Å²) in [5.74, 6) is 0.984. The summed E-state index contributed by atoms with van der Waals surface area (Å²) >= 11 is 0. The second-order valence-corrected chi connectivity index (χ2v) is 8.05. The van der Waals surface area contributed by atoms with Gasteiger partial charge in [0.05, 0.1) is 0 Å². The van der Waals surface area contributed by atoms with Crippen LogP contribution in [0.15, 0.2) is 30.3 Å². The fourth-order valence-electron chi connectivity index (χ4n) is 5.09. The number of hydrogen-bond donors (Lipinski definition) is 0. The monoisotopic (exact) mass is 313 g/mol. The van der Waals surface area contributed by atoms with Crippen LogP contribution in [0.3, 0.4) is 0 Å². The maximum atomic E-state index is 2.76. The van der Waals surface area contributed by atoms with Crippen molar-refractivity contribution in [2.45, 2.75) is 71.1 Å². The quantitative estimate of drug-likeness (QED) is 0.584. The Morgan fingerprint density at radius 3 is 2.78 bits per heavy atom. The van der Waals surface area contributed by atoms with Crippen molar-refractivity contribution in [3.8, 4) is 0 Å². The van der Waals surface area contributed by atoms with E-state index in [1.165, 1.54) is 89.4 Å². The van der Waals surface area contributed by atoms with Gasteiger partial charge in [-0.2, -0.15) is 0 Å². The molecule has 3 rings (SSSR count). The van der Waals surface area contributed by atoms with Gasteiger partial charge in [-0.1, -0.05) is 69.4 Å². The van der Waals surface area contributed by atoms with Gasteiger partial charge in [0.25, 0.3) is 0 Å². The second kappa shape index (κ2) is 8.33. The van der Waals surface area contributed by atoms with Crippen molar-refractivity contribution in [2.24, 2.45) is 11.3 Å². The minimum atomic E-state index is 0.719. The smallest absolute Gasteiger partial charge is 0.00219 e. The molecule has 0 amide bonds. The van der Waals surface area contributed by atoms with Crippen molar-refractivity contribution in [3.63, 3.8) is 0 Å². The highest BCUT2D eigenvalue weighted by Crippen LogP contribution is 2.50. The Bertz CT molecular complexity index is 454. The molecule has 2 atom stereocenters. The fourth-order valence-corrected chi connectivity index (χ4v) is 5.09. The predicted molar refractivity (Wildman–Crippen MR) is 99.7 cm³/mol. The first-order valence-corrected chi connectivity index (χ1v) is 10.1. The number of unbranched alkanes of at least 4 members (excludes halogenated alkanes) is 2. The van der Waals surface area contributed by atoms with E-state index in [0.29, 0.717) is 0 Å². The highest BCUT2D eigenvalue weighted by Gasteiger charge is 2.43. The summed E-state index contributed by atoms with van der Waals surface area (Å²) in [5, 5.41) is 0. The van der Waals surface area contributed by atoms with E-state index >= 15 is 0 Å². The van der Waals surface area contributed by atoms with Crippen LogP contribution >= 0.6 is 0 Å². The summed E-state index contributed by atoms with van der Waals surface area (Å²) in [6.07, 6.45) is 14.5. The average Bonchev–Trinajstić information content (AvgIpc) is 2.61. The Hall–Kier alpha value is -0.820. The molecular formula is C22H35N. The molecule has 0 unspecified atom stereocenters. The third-order valence-corrected chi connectivity index (χ3v) is 6.59. The number of piperidine rings is 1. The lowest BCUT2D eigenvalue weighted by Crippen LogP contribution is -2.49. The SMILES string of the molecule is CCCCC[C@]12CCCC[C@@H]1CN(CCc1ccccc1)CC2. The molecule has 1 nitrogen and oxygen atoms in total. The third-order valence-electron chi connectivity index (χ3n) is 6.59. The van der Waals surface area contributed by atoms with Gasteiger partial charge in [-0.15, -0.1) is 0 Å². The van der Waals surface area contributed by atoms with Crippen LogP contribution in [0.25, 0.3) is 0 Å². The molecule has 1 heteroatoms. The van der Waals surface area contributed by atoms with Crippen LogP contribution < -0.4 is 0 Å².